The summed E-state index contributed by atoms with van der Waals surface area (Å²) in [7, 11) is 1.54. The average molecular weight is 368 g/mol. The fourth-order valence-corrected chi connectivity index (χ4v) is 3.08. The van der Waals surface area contributed by atoms with Crippen LogP contribution in [0.1, 0.15) is 10.6 Å². The van der Waals surface area contributed by atoms with E-state index in [1.54, 1.807) is 31.3 Å². The zero-order valence-electron chi connectivity index (χ0n) is 12.8. The summed E-state index contributed by atoms with van der Waals surface area (Å²) in [5, 5.41) is 17.3. The van der Waals surface area contributed by atoms with Crippen molar-refractivity contribution in [3.05, 3.63) is 34.8 Å². The van der Waals surface area contributed by atoms with E-state index in [9.17, 15) is 18.0 Å². The molecule has 25 heavy (non-hydrogen) atoms. The van der Waals surface area contributed by atoms with Gasteiger partial charge in [0.1, 0.15) is 6.17 Å². The molecule has 2 heterocycles. The van der Waals surface area contributed by atoms with Gasteiger partial charge in [-0.15, -0.1) is 10.2 Å². The van der Waals surface area contributed by atoms with Gasteiger partial charge in [-0.1, -0.05) is 11.3 Å². The van der Waals surface area contributed by atoms with Gasteiger partial charge in [0, 0.05) is 12.7 Å². The Hall–Kier alpha value is -2.87. The highest BCUT2D eigenvalue weighted by Gasteiger charge is 2.41. The zero-order chi connectivity index (χ0) is 18.2. The number of likely N-dealkylation sites (N-methyl/N-ethyl adjacent to an activating group) is 1. The van der Waals surface area contributed by atoms with Gasteiger partial charge >= 0.3 is 12.2 Å². The molecule has 1 saturated heterocycles. The third-order valence-corrected chi connectivity index (χ3v) is 4.47. The van der Waals surface area contributed by atoms with Crippen LogP contribution in [0.4, 0.5) is 28.8 Å². The van der Waals surface area contributed by atoms with Crippen LogP contribution in [0.3, 0.4) is 0 Å². The predicted octanol–water partition coefficient (Wildman–Crippen LogP) is 2.74. The first-order valence-corrected chi connectivity index (χ1v) is 7.83. The fraction of sp³-hybridized carbons (Fsp3) is 0.286. The normalized spacial score (nSPS) is 17.7. The van der Waals surface area contributed by atoms with Crippen LogP contribution < -0.4 is 10.2 Å². The van der Waals surface area contributed by atoms with Gasteiger partial charge in [0.15, 0.2) is 0 Å². The summed E-state index contributed by atoms with van der Waals surface area (Å²) in [6.07, 6.45) is -5.22. The molecule has 11 heteroatoms. The third-order valence-electron chi connectivity index (χ3n) is 3.50. The molecule has 1 aromatic carbocycles. The van der Waals surface area contributed by atoms with Gasteiger partial charge in [-0.25, -0.2) is 9.69 Å². The summed E-state index contributed by atoms with van der Waals surface area (Å²) in [5.41, 5.74) is 1.10. The van der Waals surface area contributed by atoms with E-state index in [0.717, 1.165) is 4.90 Å². The first-order chi connectivity index (χ1) is 11.8. The van der Waals surface area contributed by atoms with Crippen molar-refractivity contribution in [2.45, 2.75) is 12.3 Å². The number of anilines is 2. The molecule has 7 nitrogen and oxygen atoms in total. The molecule has 0 saturated carbocycles. The molecule has 1 aliphatic rings. The van der Waals surface area contributed by atoms with E-state index in [4.69, 9.17) is 5.26 Å². The van der Waals surface area contributed by atoms with Gasteiger partial charge < -0.3 is 10.2 Å². The Balaban J connectivity index is 1.86. The number of rotatable bonds is 3. The van der Waals surface area contributed by atoms with Crippen molar-refractivity contribution in [3.63, 3.8) is 0 Å². The Bertz CT molecular complexity index is 828. The number of nitrogens with zero attached hydrogens (tertiary/aromatic N) is 5. The quantitative estimate of drug-likeness (QED) is 0.900. The lowest BCUT2D eigenvalue weighted by atomic mass is 10.2. The number of alkyl halides is 3. The number of urea groups is 1. The molecule has 1 N–H and O–H groups in total. The SMILES string of the molecule is CN1CC(Nc2ccc(C#N)cc2)N(c2nnc(C(F)(F)F)s2)C1=O. The van der Waals surface area contributed by atoms with Crippen LogP contribution in [0.5, 0.6) is 0 Å². The standard InChI is InChI=1S/C14H11F3N6OS/c1-22-7-10(19-9-4-2-8(6-18)3-5-9)23(13(22)24)12-21-20-11(25-12)14(15,16)17/h2-5,10,19H,7H2,1H3. The highest BCUT2D eigenvalue weighted by atomic mass is 32.1. The van der Waals surface area contributed by atoms with Crippen LogP contribution >= 0.6 is 11.3 Å². The highest BCUT2D eigenvalue weighted by Crippen LogP contribution is 2.36. The van der Waals surface area contributed by atoms with Crippen molar-refractivity contribution in [1.82, 2.24) is 15.1 Å². The van der Waals surface area contributed by atoms with Gasteiger partial charge in [-0.05, 0) is 24.3 Å². The number of nitrogens with one attached hydrogen (secondary N) is 1. The lowest BCUT2D eigenvalue weighted by Gasteiger charge is -2.21. The summed E-state index contributed by atoms with van der Waals surface area (Å²) >= 11 is 0.311. The summed E-state index contributed by atoms with van der Waals surface area (Å²) in [4.78, 5) is 14.8. The summed E-state index contributed by atoms with van der Waals surface area (Å²) < 4.78 is 38.2. The lowest BCUT2D eigenvalue weighted by Crippen LogP contribution is -2.39. The van der Waals surface area contributed by atoms with E-state index in [-0.39, 0.29) is 11.7 Å². The molecule has 1 aromatic heterocycles. The summed E-state index contributed by atoms with van der Waals surface area (Å²) in [6, 6.07) is 8.02. The second-order valence-electron chi connectivity index (χ2n) is 5.27. The Morgan fingerprint density at radius 3 is 2.56 bits per heavy atom. The molecule has 130 valence electrons. The molecular weight excluding hydrogens is 357 g/mol. The van der Waals surface area contributed by atoms with Crippen molar-refractivity contribution >= 4 is 28.2 Å². The molecule has 0 bridgehead atoms. The lowest BCUT2D eigenvalue weighted by molar-refractivity contribution is -0.138. The molecule has 1 fully saturated rings. The Labute approximate surface area is 144 Å². The highest BCUT2D eigenvalue weighted by molar-refractivity contribution is 7.15. The first-order valence-electron chi connectivity index (χ1n) is 7.01. The average Bonchev–Trinajstić information content (AvgIpc) is 3.14. The van der Waals surface area contributed by atoms with E-state index in [0.29, 0.717) is 22.6 Å². The number of hydrogen-bond donors (Lipinski definition) is 1. The number of amides is 2. The van der Waals surface area contributed by atoms with Gasteiger partial charge in [-0.2, -0.15) is 18.4 Å². The number of carbonyl (C=O) groups excluding carboxylic acids is 1. The Morgan fingerprint density at radius 2 is 2.00 bits per heavy atom. The molecule has 1 aliphatic heterocycles. The molecular formula is C14H11F3N6OS. The zero-order valence-corrected chi connectivity index (χ0v) is 13.6. The van der Waals surface area contributed by atoms with Gasteiger partial charge in [0.05, 0.1) is 18.2 Å². The smallest absolute Gasteiger partial charge is 0.363 e. The second kappa shape index (κ2) is 6.21. The molecule has 1 unspecified atom stereocenters. The van der Waals surface area contributed by atoms with Crippen LogP contribution in [-0.4, -0.2) is 40.9 Å². The van der Waals surface area contributed by atoms with Gasteiger partial charge in [0.25, 0.3) is 0 Å². The monoisotopic (exact) mass is 368 g/mol. The third kappa shape index (κ3) is 3.34. The molecule has 3 rings (SSSR count). The summed E-state index contributed by atoms with van der Waals surface area (Å²) in [6.45, 7) is 0.250. The van der Waals surface area contributed by atoms with Crippen molar-refractivity contribution in [2.24, 2.45) is 0 Å². The fourth-order valence-electron chi connectivity index (χ4n) is 2.32. The molecule has 2 aromatic rings. The van der Waals surface area contributed by atoms with E-state index < -0.39 is 23.4 Å². The van der Waals surface area contributed by atoms with E-state index in [2.05, 4.69) is 15.5 Å². The van der Waals surface area contributed by atoms with E-state index in [1.807, 2.05) is 6.07 Å². The first kappa shape index (κ1) is 17.0. The van der Waals surface area contributed by atoms with Crippen LogP contribution in [0.25, 0.3) is 0 Å². The molecule has 1 atom stereocenters. The number of nitriles is 1. The topological polar surface area (TPSA) is 85.2 Å². The van der Waals surface area contributed by atoms with E-state index >= 15 is 0 Å². The van der Waals surface area contributed by atoms with Crippen LogP contribution in [0.15, 0.2) is 24.3 Å². The minimum Gasteiger partial charge on any atom is -0.363 e. The predicted molar refractivity (Wildman–Crippen MR) is 84.0 cm³/mol. The maximum Gasteiger partial charge on any atom is 0.445 e. The number of carbonyl (C=O) groups is 1. The van der Waals surface area contributed by atoms with E-state index in [1.165, 1.54) is 4.90 Å². The molecule has 2 amide bonds. The largest absolute Gasteiger partial charge is 0.445 e. The van der Waals surface area contributed by atoms with Crippen molar-refractivity contribution in [1.29, 1.82) is 5.26 Å². The van der Waals surface area contributed by atoms with Crippen LogP contribution in [-0.2, 0) is 6.18 Å². The maximum absolute atomic E-state index is 12.7. The van der Waals surface area contributed by atoms with Gasteiger partial charge in [-0.3, -0.25) is 0 Å². The minimum atomic E-state index is -4.61. The molecule has 0 radical (unpaired) electrons. The summed E-state index contributed by atoms with van der Waals surface area (Å²) in [5.74, 6) is 0. The number of aromatic nitrogens is 2. The molecule has 0 spiro atoms. The number of hydrogen-bond acceptors (Lipinski definition) is 6. The van der Waals surface area contributed by atoms with Crippen molar-refractivity contribution in [2.75, 3.05) is 23.8 Å². The number of benzene rings is 1. The van der Waals surface area contributed by atoms with Crippen molar-refractivity contribution in [3.8, 4) is 6.07 Å². The van der Waals surface area contributed by atoms with Crippen molar-refractivity contribution < 1.29 is 18.0 Å². The Morgan fingerprint density at radius 1 is 1.32 bits per heavy atom. The second-order valence-corrected chi connectivity index (χ2v) is 6.23. The van der Waals surface area contributed by atoms with Gasteiger partial charge in [0.2, 0.25) is 10.1 Å². The minimum absolute atomic E-state index is 0.132. The maximum atomic E-state index is 12.7. The Kier molecular flexibility index (Phi) is 4.22. The molecule has 0 aliphatic carbocycles. The van der Waals surface area contributed by atoms with Crippen LogP contribution in [0, 0.1) is 11.3 Å². The van der Waals surface area contributed by atoms with Crippen LogP contribution in [0.2, 0.25) is 0 Å². The number of halogens is 3.